The summed E-state index contributed by atoms with van der Waals surface area (Å²) in [5.41, 5.74) is 0. The summed E-state index contributed by atoms with van der Waals surface area (Å²) in [5, 5.41) is 12.2. The van der Waals surface area contributed by atoms with Crippen molar-refractivity contribution in [3.05, 3.63) is 5.28 Å². The lowest BCUT2D eigenvalue weighted by Gasteiger charge is -2.21. The van der Waals surface area contributed by atoms with Crippen molar-refractivity contribution in [1.82, 2.24) is 15.0 Å². The van der Waals surface area contributed by atoms with Crippen LogP contribution in [0.2, 0.25) is 5.28 Å². The molecule has 0 amide bonds. The minimum absolute atomic E-state index is 0.0797. The van der Waals surface area contributed by atoms with Crippen molar-refractivity contribution in [3.63, 3.8) is 0 Å². The highest BCUT2D eigenvalue weighted by molar-refractivity contribution is 6.28. The lowest BCUT2D eigenvalue weighted by Crippen LogP contribution is -2.31. The maximum atomic E-state index is 9.06. The molecule has 6 nitrogen and oxygen atoms in total. The fraction of sp³-hybridized carbons (Fsp3) is 0.700. The summed E-state index contributed by atoms with van der Waals surface area (Å²) in [6, 6.07) is 0.426. The summed E-state index contributed by atoms with van der Waals surface area (Å²) in [4.78, 5) is 14.4. The van der Waals surface area contributed by atoms with Crippen LogP contribution in [0.15, 0.2) is 0 Å². The number of rotatable bonds is 6. The molecular formula is C10H16ClN5O. The summed E-state index contributed by atoms with van der Waals surface area (Å²) >= 11 is 5.86. The molecule has 0 atom stereocenters. The number of aliphatic hydroxyl groups is 1. The van der Waals surface area contributed by atoms with Gasteiger partial charge < -0.3 is 15.3 Å². The van der Waals surface area contributed by atoms with Crippen LogP contribution in [0.5, 0.6) is 0 Å². The second kappa shape index (κ2) is 5.46. The second-order valence-electron chi connectivity index (χ2n) is 3.91. The zero-order chi connectivity index (χ0) is 12.3. The van der Waals surface area contributed by atoms with Crippen LogP contribution in [0, 0.1) is 0 Å². The van der Waals surface area contributed by atoms with Crippen molar-refractivity contribution in [3.8, 4) is 0 Å². The van der Waals surface area contributed by atoms with Crippen molar-refractivity contribution in [1.29, 1.82) is 0 Å². The molecule has 94 valence electrons. The molecule has 17 heavy (non-hydrogen) atoms. The van der Waals surface area contributed by atoms with Crippen molar-refractivity contribution in [2.75, 3.05) is 29.9 Å². The van der Waals surface area contributed by atoms with Crippen molar-refractivity contribution in [2.24, 2.45) is 0 Å². The first-order valence-electron chi connectivity index (χ1n) is 5.77. The van der Waals surface area contributed by atoms with Gasteiger partial charge in [0.2, 0.25) is 17.2 Å². The highest BCUT2D eigenvalue weighted by Crippen LogP contribution is 2.30. The van der Waals surface area contributed by atoms with Crippen LogP contribution < -0.4 is 10.2 Å². The molecule has 0 spiro atoms. The molecule has 2 rings (SSSR count). The van der Waals surface area contributed by atoms with Gasteiger partial charge >= 0.3 is 0 Å². The Bertz CT molecular complexity index is 385. The standard InChI is InChI=1S/C10H16ClN5O/c1-2-12-9-13-8(11)14-10(15-9)16(5-6-17)7-3-4-7/h7,17H,2-6H2,1H3,(H,12,13,14,15). The van der Waals surface area contributed by atoms with E-state index in [2.05, 4.69) is 20.3 Å². The van der Waals surface area contributed by atoms with Gasteiger partial charge in [-0.1, -0.05) is 0 Å². The summed E-state index contributed by atoms with van der Waals surface area (Å²) in [6.45, 7) is 3.29. The van der Waals surface area contributed by atoms with Crippen LogP contribution in [0.4, 0.5) is 11.9 Å². The molecule has 1 aromatic heterocycles. The second-order valence-corrected chi connectivity index (χ2v) is 4.24. The molecule has 0 unspecified atom stereocenters. The Kier molecular flexibility index (Phi) is 3.96. The van der Waals surface area contributed by atoms with Gasteiger partial charge in [-0.3, -0.25) is 0 Å². The lowest BCUT2D eigenvalue weighted by atomic mass is 10.5. The van der Waals surface area contributed by atoms with Crippen LogP contribution >= 0.6 is 11.6 Å². The Hall–Kier alpha value is -1.14. The molecule has 7 heteroatoms. The SMILES string of the molecule is CCNc1nc(Cl)nc(N(CCO)C2CC2)n1. The van der Waals surface area contributed by atoms with E-state index in [1.54, 1.807) is 0 Å². The topological polar surface area (TPSA) is 74.2 Å². The van der Waals surface area contributed by atoms with Gasteiger partial charge in [0.25, 0.3) is 0 Å². The summed E-state index contributed by atoms with van der Waals surface area (Å²) in [7, 11) is 0. The third-order valence-electron chi connectivity index (χ3n) is 2.52. The van der Waals surface area contributed by atoms with E-state index in [1.165, 1.54) is 0 Å². The predicted octanol–water partition coefficient (Wildman–Crippen LogP) is 0.918. The molecule has 0 aliphatic heterocycles. The quantitative estimate of drug-likeness (QED) is 0.789. The van der Waals surface area contributed by atoms with Gasteiger partial charge in [-0.05, 0) is 31.4 Å². The zero-order valence-corrected chi connectivity index (χ0v) is 10.5. The van der Waals surface area contributed by atoms with E-state index in [1.807, 2.05) is 11.8 Å². The number of aromatic nitrogens is 3. The number of hydrogen-bond donors (Lipinski definition) is 2. The normalized spacial score (nSPS) is 14.8. The minimum Gasteiger partial charge on any atom is -0.395 e. The first-order chi connectivity index (χ1) is 8.24. The van der Waals surface area contributed by atoms with E-state index < -0.39 is 0 Å². The third kappa shape index (κ3) is 3.17. The highest BCUT2D eigenvalue weighted by Gasteiger charge is 2.31. The monoisotopic (exact) mass is 257 g/mol. The highest BCUT2D eigenvalue weighted by atomic mass is 35.5. The molecular weight excluding hydrogens is 242 g/mol. The Morgan fingerprint density at radius 3 is 2.76 bits per heavy atom. The van der Waals surface area contributed by atoms with E-state index in [4.69, 9.17) is 16.7 Å². The van der Waals surface area contributed by atoms with Crippen molar-refractivity contribution < 1.29 is 5.11 Å². The maximum Gasteiger partial charge on any atom is 0.231 e. The van der Waals surface area contributed by atoms with Gasteiger partial charge in [-0.2, -0.15) is 15.0 Å². The van der Waals surface area contributed by atoms with Crippen LogP contribution in [0.1, 0.15) is 19.8 Å². The van der Waals surface area contributed by atoms with Gasteiger partial charge in [0.05, 0.1) is 6.61 Å². The van der Waals surface area contributed by atoms with Crippen molar-refractivity contribution in [2.45, 2.75) is 25.8 Å². The smallest absolute Gasteiger partial charge is 0.231 e. The third-order valence-corrected chi connectivity index (χ3v) is 2.69. The predicted molar refractivity (Wildman–Crippen MR) is 66.5 cm³/mol. The van der Waals surface area contributed by atoms with E-state index >= 15 is 0 Å². The fourth-order valence-corrected chi connectivity index (χ4v) is 1.80. The van der Waals surface area contributed by atoms with Crippen LogP contribution in [0.25, 0.3) is 0 Å². The molecule has 1 saturated carbocycles. The van der Waals surface area contributed by atoms with E-state index in [0.29, 0.717) is 24.5 Å². The molecule has 0 saturated heterocycles. The molecule has 0 radical (unpaired) electrons. The van der Waals surface area contributed by atoms with Gasteiger partial charge in [0.1, 0.15) is 0 Å². The number of aliphatic hydroxyl groups excluding tert-OH is 1. The number of hydrogen-bond acceptors (Lipinski definition) is 6. The number of anilines is 2. The Morgan fingerprint density at radius 1 is 1.41 bits per heavy atom. The number of nitrogens with zero attached hydrogens (tertiary/aromatic N) is 4. The van der Waals surface area contributed by atoms with Crippen molar-refractivity contribution >= 4 is 23.5 Å². The average molecular weight is 258 g/mol. The molecule has 0 aromatic carbocycles. The van der Waals surface area contributed by atoms with E-state index in [-0.39, 0.29) is 11.9 Å². The van der Waals surface area contributed by atoms with Gasteiger partial charge in [0, 0.05) is 19.1 Å². The molecule has 2 N–H and O–H groups in total. The number of halogens is 1. The Morgan fingerprint density at radius 2 is 2.18 bits per heavy atom. The maximum absolute atomic E-state index is 9.06. The Balaban J connectivity index is 2.22. The van der Waals surface area contributed by atoms with Gasteiger partial charge in [-0.15, -0.1) is 0 Å². The molecule has 1 aliphatic rings. The largest absolute Gasteiger partial charge is 0.395 e. The molecule has 1 heterocycles. The first-order valence-corrected chi connectivity index (χ1v) is 6.15. The molecule has 1 aromatic rings. The average Bonchev–Trinajstić information content (AvgIpc) is 3.09. The first kappa shape index (κ1) is 12.3. The Labute approximate surface area is 105 Å². The van der Waals surface area contributed by atoms with Crippen LogP contribution in [-0.4, -0.2) is 45.8 Å². The van der Waals surface area contributed by atoms with Gasteiger partial charge in [0.15, 0.2) is 0 Å². The molecule has 0 bridgehead atoms. The number of nitrogens with one attached hydrogen (secondary N) is 1. The van der Waals surface area contributed by atoms with E-state index in [9.17, 15) is 0 Å². The van der Waals surface area contributed by atoms with Crippen LogP contribution in [-0.2, 0) is 0 Å². The van der Waals surface area contributed by atoms with Crippen LogP contribution in [0.3, 0.4) is 0 Å². The molecule has 1 fully saturated rings. The fourth-order valence-electron chi connectivity index (χ4n) is 1.65. The summed E-state index contributed by atoms with van der Waals surface area (Å²) < 4.78 is 0. The molecule has 1 aliphatic carbocycles. The lowest BCUT2D eigenvalue weighted by molar-refractivity contribution is 0.300. The summed E-state index contributed by atoms with van der Waals surface area (Å²) in [5.74, 6) is 1.02. The minimum atomic E-state index is 0.0797. The summed E-state index contributed by atoms with van der Waals surface area (Å²) in [6.07, 6.45) is 2.22. The zero-order valence-electron chi connectivity index (χ0n) is 9.73. The van der Waals surface area contributed by atoms with E-state index in [0.717, 1.165) is 19.4 Å². The van der Waals surface area contributed by atoms with Gasteiger partial charge in [-0.25, -0.2) is 0 Å².